The number of aliphatic carboxylic acids is 1. The third kappa shape index (κ3) is 8.49. The van der Waals surface area contributed by atoms with E-state index in [0.717, 1.165) is 24.8 Å². The van der Waals surface area contributed by atoms with E-state index in [2.05, 4.69) is 26.0 Å². The Hall–Kier alpha value is -3.15. The Balaban J connectivity index is 1.97. The molecule has 2 aromatic rings. The van der Waals surface area contributed by atoms with E-state index in [4.69, 9.17) is 9.47 Å². The van der Waals surface area contributed by atoms with E-state index in [9.17, 15) is 19.5 Å². The molecule has 0 aromatic heterocycles. The zero-order chi connectivity index (χ0) is 32.0. The van der Waals surface area contributed by atoms with Crippen LogP contribution >= 0.6 is 0 Å². The first-order valence-electron chi connectivity index (χ1n) is 15.9. The fraction of sp³-hybridized carbons (Fsp3) is 0.595. The van der Waals surface area contributed by atoms with Gasteiger partial charge in [-0.3, -0.25) is 14.4 Å². The largest absolute Gasteiger partial charge is 0.493 e. The second kappa shape index (κ2) is 14.1. The Kier molecular flexibility index (Phi) is 11.3. The van der Waals surface area contributed by atoms with E-state index in [1.54, 1.807) is 0 Å². The first-order chi connectivity index (χ1) is 20.1. The van der Waals surface area contributed by atoms with Gasteiger partial charge in [0.25, 0.3) is 0 Å². The van der Waals surface area contributed by atoms with Crippen LogP contribution in [0.5, 0.6) is 11.5 Å². The highest BCUT2D eigenvalue weighted by Crippen LogP contribution is 2.57. The Morgan fingerprint density at radius 2 is 1.49 bits per heavy atom. The van der Waals surface area contributed by atoms with E-state index < -0.39 is 16.8 Å². The molecule has 0 bridgehead atoms. The van der Waals surface area contributed by atoms with Crippen molar-refractivity contribution in [3.8, 4) is 11.5 Å². The van der Waals surface area contributed by atoms with Gasteiger partial charge < -0.3 is 14.6 Å². The lowest BCUT2D eigenvalue weighted by Gasteiger charge is -2.50. The van der Waals surface area contributed by atoms with Crippen molar-refractivity contribution in [2.45, 2.75) is 106 Å². The second-order valence-corrected chi connectivity index (χ2v) is 14.2. The number of ether oxygens (including phenoxy) is 2. The number of carbonyl (C=O) groups is 3. The fourth-order valence-electron chi connectivity index (χ4n) is 6.87. The molecule has 0 spiro atoms. The molecular weight excluding hydrogens is 540 g/mol. The van der Waals surface area contributed by atoms with Gasteiger partial charge in [-0.1, -0.05) is 78.3 Å². The van der Waals surface area contributed by atoms with Crippen LogP contribution in [0.2, 0.25) is 0 Å². The predicted molar refractivity (Wildman–Crippen MR) is 171 cm³/mol. The smallest absolute Gasteiger partial charge is 0.310 e. The molecule has 0 saturated heterocycles. The zero-order valence-electron chi connectivity index (χ0n) is 27.5. The van der Waals surface area contributed by atoms with Crippen LogP contribution in [-0.4, -0.2) is 35.9 Å². The monoisotopic (exact) mass is 592 g/mol. The SMILES string of the molecule is CCOc1cc(C(C)C(CCCCc2ccccc2)C(=O)CC2(C(=O)O)CC(C)(C)C2)cc(OCC)c1C(=O)C(C)(C)C. The van der Waals surface area contributed by atoms with Crippen molar-refractivity contribution in [2.24, 2.45) is 22.2 Å². The maximum absolute atomic E-state index is 14.1. The van der Waals surface area contributed by atoms with E-state index in [1.165, 1.54) is 5.56 Å². The lowest BCUT2D eigenvalue weighted by atomic mass is 9.52. The summed E-state index contributed by atoms with van der Waals surface area (Å²) < 4.78 is 12.0. The average Bonchev–Trinajstić information content (AvgIpc) is 2.91. The zero-order valence-corrected chi connectivity index (χ0v) is 27.5. The van der Waals surface area contributed by atoms with Gasteiger partial charge in [0, 0.05) is 17.8 Å². The predicted octanol–water partition coefficient (Wildman–Crippen LogP) is 8.70. The first kappa shape index (κ1) is 34.3. The first-order valence-corrected chi connectivity index (χ1v) is 15.9. The number of Topliss-reactive ketones (excluding diaryl/α,β-unsaturated/α-hetero) is 2. The van der Waals surface area contributed by atoms with Gasteiger partial charge in [-0.25, -0.2) is 0 Å². The maximum atomic E-state index is 14.1. The van der Waals surface area contributed by atoms with Crippen molar-refractivity contribution < 1.29 is 29.0 Å². The molecular formula is C37H52O6. The van der Waals surface area contributed by atoms with Gasteiger partial charge in [0.1, 0.15) is 22.8 Å². The number of aryl methyl sites for hydroxylation is 1. The van der Waals surface area contributed by atoms with Crippen LogP contribution in [-0.2, 0) is 16.0 Å². The van der Waals surface area contributed by atoms with Gasteiger partial charge >= 0.3 is 5.97 Å². The molecule has 2 atom stereocenters. The molecule has 2 unspecified atom stereocenters. The minimum Gasteiger partial charge on any atom is -0.493 e. The highest BCUT2D eigenvalue weighted by molar-refractivity contribution is 6.04. The minimum absolute atomic E-state index is 0.00382. The fourth-order valence-corrected chi connectivity index (χ4v) is 6.87. The summed E-state index contributed by atoms with van der Waals surface area (Å²) in [5.41, 5.74) is 0.838. The van der Waals surface area contributed by atoms with Gasteiger partial charge in [0.2, 0.25) is 0 Å². The summed E-state index contributed by atoms with van der Waals surface area (Å²) in [5.74, 6) is -0.609. The third-order valence-corrected chi connectivity index (χ3v) is 8.81. The quantitative estimate of drug-likeness (QED) is 0.155. The molecule has 1 saturated carbocycles. The maximum Gasteiger partial charge on any atom is 0.310 e. The van der Waals surface area contributed by atoms with Gasteiger partial charge in [0.05, 0.1) is 18.6 Å². The van der Waals surface area contributed by atoms with Gasteiger partial charge in [-0.15, -0.1) is 0 Å². The number of hydrogen-bond donors (Lipinski definition) is 1. The van der Waals surface area contributed by atoms with Crippen molar-refractivity contribution in [3.05, 3.63) is 59.2 Å². The summed E-state index contributed by atoms with van der Waals surface area (Å²) in [5, 5.41) is 10.2. The van der Waals surface area contributed by atoms with Crippen LogP contribution < -0.4 is 9.47 Å². The highest BCUT2D eigenvalue weighted by Gasteiger charge is 2.56. The van der Waals surface area contributed by atoms with Crippen LogP contribution in [0, 0.1) is 22.2 Å². The number of ketones is 2. The van der Waals surface area contributed by atoms with Crippen molar-refractivity contribution in [2.75, 3.05) is 13.2 Å². The lowest BCUT2D eigenvalue weighted by molar-refractivity contribution is -0.167. The summed E-state index contributed by atoms with van der Waals surface area (Å²) in [6.45, 7) is 16.3. The molecule has 2 aromatic carbocycles. The van der Waals surface area contributed by atoms with Crippen molar-refractivity contribution >= 4 is 17.5 Å². The molecule has 43 heavy (non-hydrogen) atoms. The summed E-state index contributed by atoms with van der Waals surface area (Å²) in [6.07, 6.45) is 4.41. The molecule has 0 aliphatic heterocycles. The van der Waals surface area contributed by atoms with Gasteiger partial charge in [-0.2, -0.15) is 0 Å². The summed E-state index contributed by atoms with van der Waals surface area (Å²) in [7, 11) is 0. The molecule has 6 nitrogen and oxygen atoms in total. The van der Waals surface area contributed by atoms with Crippen LogP contribution in [0.4, 0.5) is 0 Å². The number of carboxylic acid groups (broad SMARTS) is 1. The number of hydrogen-bond acceptors (Lipinski definition) is 5. The third-order valence-electron chi connectivity index (χ3n) is 8.81. The molecule has 1 fully saturated rings. The van der Waals surface area contributed by atoms with Crippen LogP contribution in [0.3, 0.4) is 0 Å². The molecule has 0 radical (unpaired) electrons. The van der Waals surface area contributed by atoms with E-state index in [-0.39, 0.29) is 35.2 Å². The molecule has 6 heteroatoms. The van der Waals surface area contributed by atoms with Gasteiger partial charge in [-0.05, 0) is 80.5 Å². The number of rotatable bonds is 16. The summed E-state index contributed by atoms with van der Waals surface area (Å²) in [4.78, 5) is 40.0. The van der Waals surface area contributed by atoms with Crippen molar-refractivity contribution in [1.29, 1.82) is 0 Å². The second-order valence-electron chi connectivity index (χ2n) is 14.2. The molecule has 3 rings (SSSR count). The van der Waals surface area contributed by atoms with Crippen molar-refractivity contribution in [1.82, 2.24) is 0 Å². The molecule has 236 valence electrons. The van der Waals surface area contributed by atoms with Crippen LogP contribution in [0.25, 0.3) is 0 Å². The van der Waals surface area contributed by atoms with Gasteiger partial charge in [0.15, 0.2) is 5.78 Å². The topological polar surface area (TPSA) is 89.9 Å². The molecule has 1 N–H and O–H groups in total. The standard InChI is InChI=1S/C37H52O6/c1-9-42-30-20-27(21-31(43-10-2)32(30)33(39)35(4,5)6)25(3)28(19-15-14-18-26-16-12-11-13-17-26)29(38)22-37(34(40)41)23-36(7,8)24-37/h11-13,16-17,20-21,25,28H,9-10,14-15,18-19,22-24H2,1-8H3,(H,40,41). The average molecular weight is 593 g/mol. The summed E-state index contributed by atoms with van der Waals surface area (Å²) >= 11 is 0. The molecule has 1 aliphatic rings. The lowest BCUT2D eigenvalue weighted by Crippen LogP contribution is -2.50. The van der Waals surface area contributed by atoms with Crippen LogP contribution in [0.15, 0.2) is 42.5 Å². The molecule has 0 amide bonds. The minimum atomic E-state index is -1.00. The summed E-state index contributed by atoms with van der Waals surface area (Å²) in [6, 6.07) is 14.1. The van der Waals surface area contributed by atoms with Crippen LogP contribution in [0.1, 0.15) is 121 Å². The highest BCUT2D eigenvalue weighted by atomic mass is 16.5. The number of benzene rings is 2. The van der Waals surface area contributed by atoms with E-state index in [0.29, 0.717) is 49.5 Å². The van der Waals surface area contributed by atoms with Crippen molar-refractivity contribution in [3.63, 3.8) is 0 Å². The Morgan fingerprint density at radius 3 is 1.95 bits per heavy atom. The number of carbonyl (C=O) groups excluding carboxylic acids is 2. The number of carboxylic acids is 1. The van der Waals surface area contributed by atoms with E-state index >= 15 is 0 Å². The number of unbranched alkanes of at least 4 members (excludes halogenated alkanes) is 1. The Morgan fingerprint density at radius 1 is 0.930 bits per heavy atom. The molecule has 0 heterocycles. The Labute approximate surface area is 258 Å². The molecule has 1 aliphatic carbocycles. The Bertz CT molecular complexity index is 1230. The normalized spacial score (nSPS) is 16.9. The van der Waals surface area contributed by atoms with E-state index in [1.807, 2.05) is 71.9 Å².